The van der Waals surface area contributed by atoms with Gasteiger partial charge in [0.2, 0.25) is 0 Å². The van der Waals surface area contributed by atoms with Crippen LogP contribution in [0.1, 0.15) is 0 Å². The molecule has 48 heavy (non-hydrogen) atoms. The number of anilines is 3. The molecule has 0 amide bonds. The molecular formula is C46H31NS. The molecule has 1 heterocycles. The Labute approximate surface area is 284 Å². The molecule has 0 aliphatic rings. The fraction of sp³-hybridized carbons (Fsp3) is 0. The van der Waals surface area contributed by atoms with E-state index in [2.05, 4.69) is 193 Å². The predicted molar refractivity (Wildman–Crippen MR) is 208 cm³/mol. The average Bonchev–Trinajstić information content (AvgIpc) is 3.55. The topological polar surface area (TPSA) is 3.24 Å². The highest BCUT2D eigenvalue weighted by Crippen LogP contribution is 2.42. The highest BCUT2D eigenvalue weighted by Gasteiger charge is 2.16. The van der Waals surface area contributed by atoms with E-state index in [0.717, 1.165) is 17.1 Å². The summed E-state index contributed by atoms with van der Waals surface area (Å²) in [6.45, 7) is 0. The summed E-state index contributed by atoms with van der Waals surface area (Å²) < 4.78 is 2.65. The minimum atomic E-state index is 1.12. The molecule has 8 aromatic carbocycles. The Morgan fingerprint density at radius 1 is 0.333 bits per heavy atom. The van der Waals surface area contributed by atoms with Crippen LogP contribution < -0.4 is 4.90 Å². The first-order valence-electron chi connectivity index (χ1n) is 16.3. The number of rotatable bonds is 6. The van der Waals surface area contributed by atoms with Crippen molar-refractivity contribution in [3.63, 3.8) is 0 Å². The largest absolute Gasteiger partial charge is 0.310 e. The molecule has 0 unspecified atom stereocenters. The molecule has 2 heteroatoms. The lowest BCUT2D eigenvalue weighted by atomic mass is 10.00. The third-order valence-electron chi connectivity index (χ3n) is 9.26. The third-order valence-corrected chi connectivity index (χ3v) is 10.5. The zero-order valence-corrected chi connectivity index (χ0v) is 27.1. The van der Waals surface area contributed by atoms with Crippen molar-refractivity contribution in [2.75, 3.05) is 4.90 Å². The molecule has 0 saturated carbocycles. The van der Waals surface area contributed by atoms with E-state index in [4.69, 9.17) is 0 Å². The summed E-state index contributed by atoms with van der Waals surface area (Å²) in [5.74, 6) is 0. The van der Waals surface area contributed by atoms with E-state index in [1.165, 1.54) is 64.3 Å². The van der Waals surface area contributed by atoms with Gasteiger partial charge in [-0.05, 0) is 92.7 Å². The first-order valence-corrected chi connectivity index (χ1v) is 17.2. The van der Waals surface area contributed by atoms with Gasteiger partial charge in [-0.3, -0.25) is 0 Å². The molecule has 0 saturated heterocycles. The molecule has 9 aromatic rings. The van der Waals surface area contributed by atoms with Gasteiger partial charge >= 0.3 is 0 Å². The monoisotopic (exact) mass is 629 g/mol. The van der Waals surface area contributed by atoms with Crippen molar-refractivity contribution >= 4 is 59.3 Å². The maximum absolute atomic E-state index is 2.37. The van der Waals surface area contributed by atoms with Crippen molar-refractivity contribution in [3.05, 3.63) is 188 Å². The summed E-state index contributed by atoms with van der Waals surface area (Å²) in [5, 5.41) is 5.15. The third kappa shape index (κ3) is 5.13. The highest BCUT2D eigenvalue weighted by atomic mass is 32.1. The van der Waals surface area contributed by atoms with E-state index in [-0.39, 0.29) is 0 Å². The molecule has 9 rings (SSSR count). The molecule has 226 valence electrons. The molecule has 0 fully saturated rings. The Balaban J connectivity index is 1.15. The Kier molecular flexibility index (Phi) is 7.07. The van der Waals surface area contributed by atoms with Gasteiger partial charge in [-0.2, -0.15) is 0 Å². The fourth-order valence-electron chi connectivity index (χ4n) is 6.84. The molecule has 0 aliphatic heterocycles. The number of nitrogens with zero attached hydrogens (tertiary/aromatic N) is 1. The van der Waals surface area contributed by atoms with Crippen LogP contribution in [0.25, 0.3) is 64.3 Å². The Hall–Kier alpha value is -5.96. The van der Waals surface area contributed by atoms with Gasteiger partial charge in [0.1, 0.15) is 0 Å². The minimum Gasteiger partial charge on any atom is -0.310 e. The minimum absolute atomic E-state index is 1.12. The zero-order valence-electron chi connectivity index (χ0n) is 26.3. The van der Waals surface area contributed by atoms with Crippen LogP contribution in [0.5, 0.6) is 0 Å². The van der Waals surface area contributed by atoms with Gasteiger partial charge in [0, 0.05) is 37.2 Å². The second-order valence-corrected chi connectivity index (χ2v) is 13.2. The number of thiophene rings is 1. The first-order chi connectivity index (χ1) is 23.8. The van der Waals surface area contributed by atoms with Crippen LogP contribution in [0, 0.1) is 0 Å². The Morgan fingerprint density at radius 3 is 1.71 bits per heavy atom. The smallest absolute Gasteiger partial charge is 0.0467 e. The normalized spacial score (nSPS) is 11.3. The lowest BCUT2D eigenvalue weighted by Crippen LogP contribution is -2.10. The maximum atomic E-state index is 2.37. The fourth-order valence-corrected chi connectivity index (χ4v) is 8.08. The number of hydrogen-bond acceptors (Lipinski definition) is 2. The molecule has 0 aliphatic carbocycles. The maximum Gasteiger partial charge on any atom is 0.0467 e. The lowest BCUT2D eigenvalue weighted by Gasteiger charge is -2.26. The van der Waals surface area contributed by atoms with E-state index in [1.807, 2.05) is 11.3 Å². The molecule has 1 nitrogen and oxygen atoms in total. The molecule has 0 spiro atoms. The van der Waals surface area contributed by atoms with Crippen LogP contribution in [-0.4, -0.2) is 0 Å². The number of benzene rings is 8. The first kappa shape index (κ1) is 28.3. The molecule has 0 bridgehead atoms. The highest BCUT2D eigenvalue weighted by molar-refractivity contribution is 7.26. The molecule has 1 aromatic heterocycles. The van der Waals surface area contributed by atoms with Crippen molar-refractivity contribution in [1.82, 2.24) is 0 Å². The van der Waals surface area contributed by atoms with Crippen LogP contribution in [0.15, 0.2) is 188 Å². The number of hydrogen-bond donors (Lipinski definition) is 0. The van der Waals surface area contributed by atoms with Crippen molar-refractivity contribution in [2.45, 2.75) is 0 Å². The lowest BCUT2D eigenvalue weighted by molar-refractivity contribution is 1.28. The summed E-state index contributed by atoms with van der Waals surface area (Å²) in [4.78, 5) is 2.37. The van der Waals surface area contributed by atoms with Gasteiger partial charge in [-0.15, -0.1) is 11.3 Å². The molecule has 0 N–H and O–H groups in total. The quantitative estimate of drug-likeness (QED) is 0.177. The van der Waals surface area contributed by atoms with Crippen LogP contribution >= 0.6 is 11.3 Å². The van der Waals surface area contributed by atoms with Gasteiger partial charge in [-0.1, -0.05) is 140 Å². The van der Waals surface area contributed by atoms with E-state index < -0.39 is 0 Å². The second kappa shape index (κ2) is 12.0. The number of fused-ring (bicyclic) bond motifs is 4. The van der Waals surface area contributed by atoms with Crippen molar-refractivity contribution in [2.24, 2.45) is 0 Å². The standard InChI is InChI=1S/C46H31NS/c1-2-10-32(11-3-1)34-22-26-39(27-23-34)47(40-28-24-35(25-29-40)37-21-20-33-12-4-5-13-36(33)30-37)41-15-8-14-38(31-41)42-17-9-18-44-43-16-6-7-19-45(43)48-46(42)44/h1-31H. The summed E-state index contributed by atoms with van der Waals surface area (Å²) in [6, 6.07) is 68.1. The van der Waals surface area contributed by atoms with Gasteiger partial charge in [0.15, 0.2) is 0 Å². The SMILES string of the molecule is c1ccc(-c2ccc(N(c3ccc(-c4ccc5ccccc5c4)cc3)c3cccc(-c4cccc5c4sc4ccccc45)c3)cc2)cc1. The Bertz CT molecular complexity index is 2540. The van der Waals surface area contributed by atoms with E-state index >= 15 is 0 Å². The summed E-state index contributed by atoms with van der Waals surface area (Å²) in [7, 11) is 0. The van der Waals surface area contributed by atoms with Gasteiger partial charge in [0.25, 0.3) is 0 Å². The van der Waals surface area contributed by atoms with Crippen molar-refractivity contribution in [1.29, 1.82) is 0 Å². The van der Waals surface area contributed by atoms with Crippen molar-refractivity contribution in [3.8, 4) is 33.4 Å². The average molecular weight is 630 g/mol. The van der Waals surface area contributed by atoms with Crippen LogP contribution in [0.3, 0.4) is 0 Å². The van der Waals surface area contributed by atoms with Gasteiger partial charge < -0.3 is 4.90 Å². The van der Waals surface area contributed by atoms with Gasteiger partial charge in [0.05, 0.1) is 0 Å². The summed E-state index contributed by atoms with van der Waals surface area (Å²) in [6.07, 6.45) is 0. The van der Waals surface area contributed by atoms with Gasteiger partial charge in [-0.25, -0.2) is 0 Å². The van der Waals surface area contributed by atoms with E-state index in [1.54, 1.807) is 0 Å². The zero-order chi connectivity index (χ0) is 31.9. The van der Waals surface area contributed by atoms with Crippen LogP contribution in [-0.2, 0) is 0 Å². The molecule has 0 atom stereocenters. The van der Waals surface area contributed by atoms with E-state index in [9.17, 15) is 0 Å². The molecular weight excluding hydrogens is 599 g/mol. The second-order valence-electron chi connectivity index (χ2n) is 12.2. The molecule has 0 radical (unpaired) electrons. The summed E-state index contributed by atoms with van der Waals surface area (Å²) in [5.41, 5.74) is 10.7. The van der Waals surface area contributed by atoms with Crippen LogP contribution in [0.2, 0.25) is 0 Å². The summed E-state index contributed by atoms with van der Waals surface area (Å²) >= 11 is 1.88. The van der Waals surface area contributed by atoms with E-state index in [0.29, 0.717) is 0 Å². The van der Waals surface area contributed by atoms with Crippen LogP contribution in [0.4, 0.5) is 17.1 Å². The Morgan fingerprint density at radius 2 is 0.917 bits per heavy atom. The van der Waals surface area contributed by atoms with Crippen molar-refractivity contribution < 1.29 is 0 Å². The predicted octanol–water partition coefficient (Wildman–Crippen LogP) is 13.7.